The number of hydrogen-bond acceptors (Lipinski definition) is 3. The van der Waals surface area contributed by atoms with Crippen molar-refractivity contribution in [1.82, 2.24) is 0 Å². The van der Waals surface area contributed by atoms with Gasteiger partial charge < -0.3 is 5.11 Å². The van der Waals surface area contributed by atoms with Crippen LogP contribution in [0.3, 0.4) is 0 Å². The topological polar surface area (TPSA) is 49.7 Å². The minimum atomic E-state index is -0.319. The summed E-state index contributed by atoms with van der Waals surface area (Å²) in [7, 11) is 0. The zero-order valence-electron chi connectivity index (χ0n) is 17.5. The Bertz CT molecular complexity index is 1290. The first-order chi connectivity index (χ1) is 16.0. The fourth-order valence-electron chi connectivity index (χ4n) is 2.06. The van der Waals surface area contributed by atoms with Crippen LogP contribution in [0.15, 0.2) is 42.5 Å². The van der Waals surface area contributed by atoms with E-state index in [9.17, 15) is 14.0 Å². The summed E-state index contributed by atoms with van der Waals surface area (Å²) in [6, 6.07) is 12.0. The summed E-state index contributed by atoms with van der Waals surface area (Å²) < 4.78 is 22.4. The van der Waals surface area contributed by atoms with E-state index >= 15 is 0 Å². The van der Waals surface area contributed by atoms with E-state index < -0.39 is 0 Å². The number of benzene rings is 2. The Morgan fingerprint density at radius 2 is 1.32 bits per heavy atom. The molecule has 0 spiro atoms. The molecule has 0 bridgehead atoms. The molecule has 0 aliphatic heterocycles. The van der Waals surface area contributed by atoms with Crippen LogP contribution in [0.4, 0.5) is 8.92 Å². The van der Waals surface area contributed by atoms with Crippen molar-refractivity contribution in [3.8, 4) is 89.6 Å². The molecular formula is C29H30F2O3. The van der Waals surface area contributed by atoms with Crippen LogP contribution in [0, 0.1) is 96.6 Å². The zero-order chi connectivity index (χ0) is 24.7. The van der Waals surface area contributed by atoms with Gasteiger partial charge in [0.2, 0.25) is 0 Å². The van der Waals surface area contributed by atoms with Gasteiger partial charge in [-0.05, 0) is 111 Å². The molecular weight excluding hydrogens is 434 g/mol. The Labute approximate surface area is 207 Å². The van der Waals surface area contributed by atoms with Gasteiger partial charge in [0.1, 0.15) is 11.6 Å². The van der Waals surface area contributed by atoms with Crippen molar-refractivity contribution >= 4 is 0 Å². The molecule has 0 fully saturated rings. The SMILES string of the molecule is C.C#CC#CC#CC#CC#CC#CC#C.Cc1cccc(Cc2cc(F)ccc2O)c1.OOF.[HH].[HH].[HH].[HH].[HH]. The lowest BCUT2D eigenvalue weighted by atomic mass is 10.0. The Hall–Kier alpha value is -5.06. The average Bonchev–Trinajstić information content (AvgIpc) is 2.79. The largest absolute Gasteiger partial charge is 0.508 e. The molecule has 2 aromatic rings. The highest BCUT2D eigenvalue weighted by Crippen LogP contribution is 2.21. The van der Waals surface area contributed by atoms with E-state index in [0.717, 1.165) is 11.1 Å². The summed E-state index contributed by atoms with van der Waals surface area (Å²) in [6.45, 7) is 2.01. The molecule has 0 amide bonds. The van der Waals surface area contributed by atoms with Crippen LogP contribution in [-0.2, 0) is 11.5 Å². The highest BCUT2D eigenvalue weighted by molar-refractivity contribution is 5.44. The lowest BCUT2D eigenvalue weighted by Crippen LogP contribution is -1.90. The van der Waals surface area contributed by atoms with Crippen LogP contribution >= 0.6 is 0 Å². The van der Waals surface area contributed by atoms with E-state index in [0.29, 0.717) is 12.0 Å². The Balaban J connectivity index is -0.0000000841. The molecule has 2 N–H and O–H groups in total. The number of aryl methyl sites for hydroxylation is 1. The number of hydrogen-bond donors (Lipinski definition) is 2. The van der Waals surface area contributed by atoms with Gasteiger partial charge in [0, 0.05) is 19.1 Å². The van der Waals surface area contributed by atoms with Crippen molar-refractivity contribution in [3.63, 3.8) is 0 Å². The van der Waals surface area contributed by atoms with Crippen molar-refractivity contribution in [2.75, 3.05) is 0 Å². The van der Waals surface area contributed by atoms with Gasteiger partial charge in [0.15, 0.2) is 0 Å². The molecule has 34 heavy (non-hydrogen) atoms. The maximum absolute atomic E-state index is 13.0. The summed E-state index contributed by atoms with van der Waals surface area (Å²) in [6.07, 6.45) is 10.3. The minimum absolute atomic E-state index is 0. The molecule has 0 aromatic heterocycles. The average molecular weight is 465 g/mol. The van der Waals surface area contributed by atoms with Crippen LogP contribution in [0.2, 0.25) is 0 Å². The standard InChI is InChI=1S/C14H13FO.C14H2.CH4.FHO2.5H2/c1-10-3-2-4-11(7-10)8-12-9-13(15)5-6-14(12)16;1-3-5-7-9-11-13-14-12-10-8-6-4-2;;1-3-2;;;;;/h2-7,9,16H,8H2,1H3;1-2H;1H4;2H;5*1H. The smallest absolute Gasteiger partial charge is 0.123 e. The summed E-state index contributed by atoms with van der Waals surface area (Å²) in [4.78, 5) is 0. The Kier molecular flexibility index (Phi) is 19.4. The molecule has 0 saturated heterocycles. The summed E-state index contributed by atoms with van der Waals surface area (Å²) >= 11 is 0. The number of halogens is 2. The van der Waals surface area contributed by atoms with E-state index in [-0.39, 0.29) is 26.1 Å². The Morgan fingerprint density at radius 1 is 0.853 bits per heavy atom. The highest BCUT2D eigenvalue weighted by Gasteiger charge is 2.04. The van der Waals surface area contributed by atoms with Crippen LogP contribution in [-0.4, -0.2) is 10.4 Å². The Morgan fingerprint density at radius 3 is 1.76 bits per heavy atom. The zero-order valence-corrected chi connectivity index (χ0v) is 17.5. The molecule has 0 radical (unpaired) electrons. The first-order valence-corrected chi connectivity index (χ1v) is 8.84. The lowest BCUT2D eigenvalue weighted by Gasteiger charge is -2.05. The number of aromatic hydroxyl groups is 1. The normalized spacial score (nSPS) is 6.88. The van der Waals surface area contributed by atoms with Crippen LogP contribution in [0.5, 0.6) is 5.75 Å². The number of terminal acetylenes is 2. The van der Waals surface area contributed by atoms with Gasteiger partial charge in [-0.3, -0.25) is 0 Å². The van der Waals surface area contributed by atoms with Crippen LogP contribution in [0.1, 0.15) is 31.3 Å². The van der Waals surface area contributed by atoms with E-state index in [1.165, 1.54) is 18.2 Å². The molecule has 5 heteroatoms. The third-order valence-corrected chi connectivity index (χ3v) is 3.23. The number of phenolic OH excluding ortho intramolecular Hbond substituents is 1. The van der Waals surface area contributed by atoms with Gasteiger partial charge in [0.05, 0.1) is 0 Å². The maximum Gasteiger partial charge on any atom is 0.123 e. The van der Waals surface area contributed by atoms with E-state index in [2.05, 4.69) is 71.0 Å². The third kappa shape index (κ3) is 16.7. The minimum Gasteiger partial charge on any atom is -0.508 e. The summed E-state index contributed by atoms with van der Waals surface area (Å²) in [5.41, 5.74) is 2.85. The molecule has 0 aliphatic rings. The fraction of sp³-hybridized carbons (Fsp3) is 0.103. The molecule has 0 unspecified atom stereocenters. The molecule has 2 rings (SSSR count). The first-order valence-electron chi connectivity index (χ1n) is 8.84. The van der Waals surface area contributed by atoms with Crippen molar-refractivity contribution in [3.05, 3.63) is 65.0 Å². The van der Waals surface area contributed by atoms with Gasteiger partial charge in [0.25, 0.3) is 0 Å². The van der Waals surface area contributed by atoms with E-state index in [1.54, 1.807) is 5.09 Å². The van der Waals surface area contributed by atoms with E-state index in [1.807, 2.05) is 31.2 Å². The van der Waals surface area contributed by atoms with Gasteiger partial charge in [-0.1, -0.05) is 37.3 Å². The molecule has 2 aromatic carbocycles. The predicted octanol–water partition coefficient (Wildman–Crippen LogP) is 5.93. The van der Waals surface area contributed by atoms with Gasteiger partial charge >= 0.3 is 0 Å². The fourth-order valence-corrected chi connectivity index (χ4v) is 2.06. The maximum atomic E-state index is 13.0. The summed E-state index contributed by atoms with van der Waals surface area (Å²) in [5, 5.41) is 17.8. The van der Waals surface area contributed by atoms with E-state index in [4.69, 9.17) is 18.1 Å². The van der Waals surface area contributed by atoms with Crippen LogP contribution < -0.4 is 0 Å². The van der Waals surface area contributed by atoms with Crippen LogP contribution in [0.25, 0.3) is 0 Å². The van der Waals surface area contributed by atoms with Crippen molar-refractivity contribution in [2.24, 2.45) is 0 Å². The first kappa shape index (κ1) is 31.1. The van der Waals surface area contributed by atoms with Gasteiger partial charge in [-0.15, -0.1) is 12.8 Å². The molecule has 0 saturated carbocycles. The quantitative estimate of drug-likeness (QED) is 0.329. The lowest BCUT2D eigenvalue weighted by molar-refractivity contribution is -0.397. The monoisotopic (exact) mass is 464 g/mol. The molecule has 0 heterocycles. The second kappa shape index (κ2) is 21.2. The molecule has 0 atom stereocenters. The van der Waals surface area contributed by atoms with Gasteiger partial charge in [-0.2, -0.15) is 0 Å². The highest BCUT2D eigenvalue weighted by atomic mass is 19.3. The molecule has 178 valence electrons. The van der Waals surface area contributed by atoms with Crippen molar-refractivity contribution in [2.45, 2.75) is 20.8 Å². The van der Waals surface area contributed by atoms with Crippen molar-refractivity contribution < 1.29 is 31.5 Å². The number of rotatable bonds is 2. The second-order valence-corrected chi connectivity index (χ2v) is 5.55. The third-order valence-electron chi connectivity index (χ3n) is 3.23. The second-order valence-electron chi connectivity index (χ2n) is 5.55. The molecule has 0 aliphatic carbocycles. The van der Waals surface area contributed by atoms with Gasteiger partial charge in [-0.25, -0.2) is 9.65 Å². The number of phenols is 1. The predicted molar refractivity (Wildman–Crippen MR) is 141 cm³/mol. The molecule has 3 nitrogen and oxygen atoms in total. The summed E-state index contributed by atoms with van der Waals surface area (Å²) in [5.74, 6) is 28.1. The van der Waals surface area contributed by atoms with Crippen molar-refractivity contribution in [1.29, 1.82) is 0 Å².